The van der Waals surface area contributed by atoms with Crippen molar-refractivity contribution >= 4 is 33.9 Å². The second-order valence-corrected chi connectivity index (χ2v) is 9.80. The fourth-order valence-electron chi connectivity index (χ4n) is 3.57. The van der Waals surface area contributed by atoms with Gasteiger partial charge in [-0.1, -0.05) is 6.92 Å². The molecule has 0 unspecified atom stereocenters. The molecule has 160 valence electrons. The second-order valence-electron chi connectivity index (χ2n) is 7.08. The summed E-state index contributed by atoms with van der Waals surface area (Å²) in [5.74, 6) is -3.97. The smallest absolute Gasteiger partial charge is 0.352 e. The number of hydrogen-bond acceptors (Lipinski definition) is 8. The minimum atomic E-state index is -3.79. The van der Waals surface area contributed by atoms with E-state index >= 15 is 0 Å². The first-order chi connectivity index (χ1) is 12.9. The molecule has 0 spiro atoms. The van der Waals surface area contributed by atoms with Gasteiger partial charge in [0.1, 0.15) is 11.6 Å². The van der Waals surface area contributed by atoms with Crippen LogP contribution in [0.5, 0.6) is 0 Å². The van der Waals surface area contributed by atoms with E-state index in [1.165, 1.54) is 18.7 Å². The van der Waals surface area contributed by atoms with Crippen LogP contribution in [0.2, 0.25) is 0 Å². The van der Waals surface area contributed by atoms with Crippen molar-refractivity contribution in [2.75, 3.05) is 13.1 Å². The molecule has 0 amide bonds. The summed E-state index contributed by atoms with van der Waals surface area (Å²) in [5.41, 5.74) is -0.0551. The number of aliphatic carboxylic acids is 2. The van der Waals surface area contributed by atoms with Gasteiger partial charge in [-0.15, -0.1) is 11.8 Å². The van der Waals surface area contributed by atoms with Crippen LogP contribution in [0.4, 0.5) is 0 Å². The van der Waals surface area contributed by atoms with Crippen LogP contribution in [-0.4, -0.2) is 72.2 Å². The lowest BCUT2D eigenvalue weighted by molar-refractivity contribution is -0.147. The topological polar surface area (TPSA) is 191 Å². The predicted octanol–water partition coefficient (Wildman–Crippen LogP) is -1.77. The van der Waals surface area contributed by atoms with E-state index in [9.17, 15) is 33.3 Å². The third-order valence-corrected chi connectivity index (χ3v) is 7.01. The Morgan fingerprint density at radius 1 is 1.39 bits per heavy atom. The van der Waals surface area contributed by atoms with Gasteiger partial charge < -0.3 is 26.0 Å². The lowest BCUT2D eigenvalue weighted by Gasteiger charge is -2.27. The van der Waals surface area contributed by atoms with Gasteiger partial charge in [-0.05, 0) is 13.3 Å². The van der Waals surface area contributed by atoms with Crippen molar-refractivity contribution in [3.63, 3.8) is 0 Å². The summed E-state index contributed by atoms with van der Waals surface area (Å²) in [6.45, 7) is 3.76. The standard InChI is InChI=1S/C15H26N4O7S2/c1-6-11(10(7(2)20)14(21)22)19-12(15(23)24)13(6)27-9-3-8(17-5-9)4-18-28(16,25)26/h6-11,17-20H,3-5H2,1-2H3,(H,21,22)(H,23,24)(H2,16,25,26)/t6-,7-,8+,9+,10-,11-/m1/s1. The highest BCUT2D eigenvalue weighted by Crippen LogP contribution is 2.41. The molecule has 8 N–H and O–H groups in total. The molecule has 0 saturated carbocycles. The quantitative estimate of drug-likeness (QED) is 0.217. The normalized spacial score (nSPS) is 30.1. The number of aliphatic hydroxyl groups is 1. The van der Waals surface area contributed by atoms with Gasteiger partial charge in [0.2, 0.25) is 0 Å². The molecule has 0 aliphatic carbocycles. The van der Waals surface area contributed by atoms with E-state index in [2.05, 4.69) is 15.4 Å². The summed E-state index contributed by atoms with van der Waals surface area (Å²) in [5, 5.41) is 39.6. The molecule has 28 heavy (non-hydrogen) atoms. The molecule has 2 rings (SSSR count). The number of thioether (sulfide) groups is 1. The van der Waals surface area contributed by atoms with Gasteiger partial charge in [0.25, 0.3) is 10.2 Å². The van der Waals surface area contributed by atoms with Crippen molar-refractivity contribution in [1.82, 2.24) is 15.4 Å². The van der Waals surface area contributed by atoms with Crippen LogP contribution >= 0.6 is 11.8 Å². The maximum absolute atomic E-state index is 11.7. The molecule has 1 fully saturated rings. The van der Waals surface area contributed by atoms with Gasteiger partial charge in [-0.3, -0.25) is 4.79 Å². The number of nitrogens with two attached hydrogens (primary N) is 1. The van der Waals surface area contributed by atoms with Gasteiger partial charge in [0.05, 0.1) is 6.10 Å². The summed E-state index contributed by atoms with van der Waals surface area (Å²) in [7, 11) is -3.79. The van der Waals surface area contributed by atoms with Crippen LogP contribution in [0.1, 0.15) is 20.3 Å². The number of rotatable bonds is 9. The first-order valence-corrected chi connectivity index (χ1v) is 11.2. The van der Waals surface area contributed by atoms with Gasteiger partial charge >= 0.3 is 11.9 Å². The molecular weight excluding hydrogens is 412 g/mol. The number of carboxylic acid groups (broad SMARTS) is 2. The van der Waals surface area contributed by atoms with Crippen LogP contribution in [-0.2, 0) is 19.8 Å². The molecule has 0 aromatic carbocycles. The maximum Gasteiger partial charge on any atom is 0.352 e. The van der Waals surface area contributed by atoms with E-state index in [0.717, 1.165) is 0 Å². The predicted molar refractivity (Wildman–Crippen MR) is 102 cm³/mol. The monoisotopic (exact) mass is 438 g/mol. The Kier molecular flexibility index (Phi) is 7.33. The summed E-state index contributed by atoms with van der Waals surface area (Å²) >= 11 is 1.33. The SMILES string of the molecule is C[C@@H](O)[C@@H](C(=O)O)[C@@H]1NC(C(=O)O)=C(S[C@@H]2CN[C@H](CNS(N)(=O)=O)C2)[C@@H]1C. The maximum atomic E-state index is 11.7. The summed E-state index contributed by atoms with van der Waals surface area (Å²) < 4.78 is 24.2. The Labute approximate surface area is 167 Å². The van der Waals surface area contributed by atoms with Crippen molar-refractivity contribution in [3.05, 3.63) is 10.6 Å². The summed E-state index contributed by atoms with van der Waals surface area (Å²) in [4.78, 5) is 23.7. The lowest BCUT2D eigenvalue weighted by Crippen LogP contribution is -2.45. The molecule has 13 heteroatoms. The first kappa shape index (κ1) is 22.9. The Hall–Kier alpha value is -1.38. The zero-order valence-corrected chi connectivity index (χ0v) is 17.1. The minimum absolute atomic E-state index is 0.0190. The average Bonchev–Trinajstić information content (AvgIpc) is 3.11. The van der Waals surface area contributed by atoms with Crippen molar-refractivity contribution in [2.45, 2.75) is 43.7 Å². The fourth-order valence-corrected chi connectivity index (χ4v) is 5.50. The van der Waals surface area contributed by atoms with Crippen molar-refractivity contribution in [2.24, 2.45) is 17.0 Å². The van der Waals surface area contributed by atoms with Crippen LogP contribution < -0.4 is 20.5 Å². The largest absolute Gasteiger partial charge is 0.481 e. The van der Waals surface area contributed by atoms with Crippen molar-refractivity contribution in [3.8, 4) is 0 Å². The highest BCUT2D eigenvalue weighted by atomic mass is 32.2. The average molecular weight is 439 g/mol. The highest BCUT2D eigenvalue weighted by molar-refractivity contribution is 8.03. The molecule has 2 aliphatic heterocycles. The molecule has 0 aromatic rings. The minimum Gasteiger partial charge on any atom is -0.481 e. The third-order valence-electron chi connectivity index (χ3n) is 4.92. The third kappa shape index (κ3) is 5.58. The van der Waals surface area contributed by atoms with E-state index in [1.807, 2.05) is 0 Å². The van der Waals surface area contributed by atoms with Gasteiger partial charge in [-0.25, -0.2) is 14.7 Å². The molecule has 0 aromatic heterocycles. The Bertz CT molecular complexity index is 755. The van der Waals surface area contributed by atoms with E-state index in [1.54, 1.807) is 6.92 Å². The number of carboxylic acids is 2. The molecule has 0 bridgehead atoms. The second kappa shape index (κ2) is 8.97. The Morgan fingerprint density at radius 2 is 2.04 bits per heavy atom. The van der Waals surface area contributed by atoms with Crippen LogP contribution in [0.15, 0.2) is 10.6 Å². The van der Waals surface area contributed by atoms with Gasteiger partial charge in [-0.2, -0.15) is 8.42 Å². The fraction of sp³-hybridized carbons (Fsp3) is 0.733. The van der Waals surface area contributed by atoms with E-state index < -0.39 is 46.1 Å². The Balaban J connectivity index is 2.09. The van der Waals surface area contributed by atoms with Crippen LogP contribution in [0.3, 0.4) is 0 Å². The molecule has 1 saturated heterocycles. The summed E-state index contributed by atoms with van der Waals surface area (Å²) in [6, 6.07) is -0.894. The lowest BCUT2D eigenvalue weighted by atomic mass is 9.87. The number of hydrogen-bond donors (Lipinski definition) is 7. The highest BCUT2D eigenvalue weighted by Gasteiger charge is 2.44. The number of aliphatic hydroxyl groups excluding tert-OH is 1. The molecule has 0 radical (unpaired) electrons. The molecular formula is C15H26N4O7S2. The Morgan fingerprint density at radius 3 is 2.54 bits per heavy atom. The zero-order valence-electron chi connectivity index (χ0n) is 15.5. The van der Waals surface area contributed by atoms with E-state index in [-0.39, 0.29) is 23.5 Å². The molecule has 11 nitrogen and oxygen atoms in total. The van der Waals surface area contributed by atoms with Crippen LogP contribution in [0, 0.1) is 11.8 Å². The molecule has 2 heterocycles. The van der Waals surface area contributed by atoms with E-state index in [0.29, 0.717) is 17.9 Å². The zero-order chi connectivity index (χ0) is 21.2. The summed E-state index contributed by atoms with van der Waals surface area (Å²) in [6.07, 6.45) is -0.571. The number of nitrogens with one attached hydrogen (secondary N) is 3. The van der Waals surface area contributed by atoms with Gasteiger partial charge in [0, 0.05) is 41.2 Å². The molecule has 6 atom stereocenters. The van der Waals surface area contributed by atoms with Crippen molar-refractivity contribution in [1.29, 1.82) is 0 Å². The van der Waals surface area contributed by atoms with Gasteiger partial charge in [0.15, 0.2) is 0 Å². The van der Waals surface area contributed by atoms with Crippen LogP contribution in [0.25, 0.3) is 0 Å². The molecule has 2 aliphatic rings. The van der Waals surface area contributed by atoms with Crippen molar-refractivity contribution < 1.29 is 33.3 Å². The first-order valence-electron chi connectivity index (χ1n) is 8.73. The van der Waals surface area contributed by atoms with E-state index in [4.69, 9.17) is 5.14 Å². The number of carbonyl (C=O) groups is 2.